The summed E-state index contributed by atoms with van der Waals surface area (Å²) < 4.78 is 27.0. The van der Waals surface area contributed by atoms with Crippen molar-refractivity contribution >= 4 is 36.7 Å². The number of anilines is 1. The van der Waals surface area contributed by atoms with Crippen LogP contribution < -0.4 is 4.90 Å². The smallest absolute Gasteiger partial charge is 0.216 e. The summed E-state index contributed by atoms with van der Waals surface area (Å²) >= 11 is 1.67. The Morgan fingerprint density at radius 1 is 1.41 bits per heavy atom. The fraction of sp³-hybridized carbons (Fsp3) is 0.571. The summed E-state index contributed by atoms with van der Waals surface area (Å²) in [4.78, 5) is 10.9. The minimum absolute atomic E-state index is 0.120. The molecule has 1 saturated carbocycles. The van der Waals surface area contributed by atoms with Crippen LogP contribution in [0.25, 0.3) is 10.2 Å². The maximum absolute atomic E-state index is 12.1. The minimum atomic E-state index is -3.05. The van der Waals surface area contributed by atoms with Crippen LogP contribution in [0.1, 0.15) is 12.8 Å². The Labute approximate surface area is 133 Å². The molecule has 0 atom stereocenters. The summed E-state index contributed by atoms with van der Waals surface area (Å²) in [6, 6.07) is 1.98. The highest BCUT2D eigenvalue weighted by atomic mass is 32.2. The van der Waals surface area contributed by atoms with Gasteiger partial charge in [0.15, 0.2) is 5.13 Å². The maximum atomic E-state index is 12.1. The van der Waals surface area contributed by atoms with Crippen LogP contribution in [0.3, 0.4) is 0 Å². The van der Waals surface area contributed by atoms with Crippen molar-refractivity contribution in [3.63, 3.8) is 0 Å². The van der Waals surface area contributed by atoms with Gasteiger partial charge >= 0.3 is 0 Å². The number of sulfonamides is 1. The van der Waals surface area contributed by atoms with E-state index < -0.39 is 10.0 Å². The molecule has 0 radical (unpaired) electrons. The van der Waals surface area contributed by atoms with Gasteiger partial charge in [-0.15, -0.1) is 0 Å². The highest BCUT2D eigenvalue weighted by Crippen LogP contribution is 2.34. The lowest BCUT2D eigenvalue weighted by atomic mass is 10.0. The second kappa shape index (κ2) is 5.14. The first-order chi connectivity index (χ1) is 10.5. The Bertz CT molecular complexity index is 761. The minimum Gasteiger partial charge on any atom is -0.347 e. The fourth-order valence-corrected chi connectivity index (χ4v) is 5.44. The lowest BCUT2D eigenvalue weighted by Crippen LogP contribution is -2.52. The van der Waals surface area contributed by atoms with Gasteiger partial charge in [-0.2, -0.15) is 0 Å². The highest BCUT2D eigenvalue weighted by molar-refractivity contribution is 7.90. The molecule has 0 unspecified atom stereocenters. The summed E-state index contributed by atoms with van der Waals surface area (Å²) in [5.74, 6) is 0.392. The van der Waals surface area contributed by atoms with Crippen molar-refractivity contribution < 1.29 is 8.42 Å². The molecule has 118 valence electrons. The van der Waals surface area contributed by atoms with E-state index in [1.807, 2.05) is 6.07 Å². The summed E-state index contributed by atoms with van der Waals surface area (Å²) in [5.41, 5.74) is 0.930. The van der Waals surface area contributed by atoms with Crippen LogP contribution in [0.4, 0.5) is 5.13 Å². The summed E-state index contributed by atoms with van der Waals surface area (Å²) in [5, 5.41) is 0.886. The van der Waals surface area contributed by atoms with Gasteiger partial charge in [0.25, 0.3) is 0 Å². The Kier molecular flexibility index (Phi) is 3.35. The lowest BCUT2D eigenvalue weighted by molar-refractivity contribution is 0.327. The van der Waals surface area contributed by atoms with Crippen LogP contribution in [-0.2, 0) is 10.0 Å². The average molecular weight is 338 g/mol. The van der Waals surface area contributed by atoms with Gasteiger partial charge in [0, 0.05) is 38.8 Å². The molecule has 2 aromatic heterocycles. The first kappa shape index (κ1) is 14.3. The molecule has 22 heavy (non-hydrogen) atoms. The van der Waals surface area contributed by atoms with Crippen molar-refractivity contribution in [3.05, 3.63) is 18.5 Å². The fourth-order valence-electron chi connectivity index (χ4n) is 2.83. The molecule has 0 bridgehead atoms. The molecular formula is C14H18N4O2S2. The Hall–Kier alpha value is -1.25. The van der Waals surface area contributed by atoms with E-state index in [0.29, 0.717) is 12.5 Å². The summed E-state index contributed by atoms with van der Waals surface area (Å²) in [6.45, 7) is 2.36. The van der Waals surface area contributed by atoms with Crippen molar-refractivity contribution in [1.29, 1.82) is 0 Å². The van der Waals surface area contributed by atoms with Crippen molar-refractivity contribution in [2.75, 3.05) is 31.6 Å². The molecule has 0 spiro atoms. The largest absolute Gasteiger partial charge is 0.347 e. The van der Waals surface area contributed by atoms with Gasteiger partial charge in [-0.1, -0.05) is 11.3 Å². The van der Waals surface area contributed by atoms with Gasteiger partial charge in [-0.05, 0) is 18.9 Å². The molecule has 1 aliphatic carbocycles. The van der Waals surface area contributed by atoms with E-state index in [9.17, 15) is 8.42 Å². The number of aromatic nitrogens is 2. The number of fused-ring (bicyclic) bond motifs is 1. The van der Waals surface area contributed by atoms with Crippen LogP contribution >= 0.6 is 11.3 Å². The summed E-state index contributed by atoms with van der Waals surface area (Å²) in [6.07, 6.45) is 5.20. The van der Waals surface area contributed by atoms with Crippen LogP contribution in [0.15, 0.2) is 18.5 Å². The topological polar surface area (TPSA) is 66.4 Å². The molecule has 0 N–H and O–H groups in total. The number of hydrogen-bond donors (Lipinski definition) is 0. The predicted octanol–water partition coefficient (Wildman–Crippen LogP) is 1.55. The van der Waals surface area contributed by atoms with Gasteiger partial charge in [0.1, 0.15) is 5.52 Å². The van der Waals surface area contributed by atoms with Gasteiger partial charge in [-0.25, -0.2) is 17.7 Å². The van der Waals surface area contributed by atoms with Gasteiger partial charge < -0.3 is 4.90 Å². The van der Waals surface area contributed by atoms with E-state index in [2.05, 4.69) is 14.9 Å². The third-order valence-electron chi connectivity index (χ3n) is 4.30. The van der Waals surface area contributed by atoms with E-state index in [1.165, 1.54) is 0 Å². The number of hydrogen-bond acceptors (Lipinski definition) is 6. The van der Waals surface area contributed by atoms with E-state index >= 15 is 0 Å². The SMILES string of the molecule is CN(CC1CN(c2nc3cnccc3s2)C1)S(=O)(=O)C1CC1. The zero-order valence-electron chi connectivity index (χ0n) is 12.3. The molecule has 0 amide bonds. The molecular weight excluding hydrogens is 320 g/mol. The van der Waals surface area contributed by atoms with Gasteiger partial charge in [0.2, 0.25) is 10.0 Å². The zero-order chi connectivity index (χ0) is 15.3. The molecule has 6 nitrogen and oxygen atoms in total. The molecule has 1 aliphatic heterocycles. The molecule has 2 aromatic rings. The molecule has 1 saturated heterocycles. The number of rotatable bonds is 5. The molecule has 8 heteroatoms. The quantitative estimate of drug-likeness (QED) is 0.827. The van der Waals surface area contributed by atoms with Crippen LogP contribution in [0.2, 0.25) is 0 Å². The van der Waals surface area contributed by atoms with Gasteiger partial charge in [-0.3, -0.25) is 4.98 Å². The van der Waals surface area contributed by atoms with Crippen molar-refractivity contribution in [3.8, 4) is 0 Å². The first-order valence-electron chi connectivity index (χ1n) is 7.44. The molecule has 2 fully saturated rings. The van der Waals surface area contributed by atoms with Crippen LogP contribution in [-0.4, -0.2) is 54.6 Å². The second-order valence-corrected chi connectivity index (χ2v) is 9.46. The van der Waals surface area contributed by atoms with Crippen molar-refractivity contribution in [1.82, 2.24) is 14.3 Å². The van der Waals surface area contributed by atoms with Crippen molar-refractivity contribution in [2.45, 2.75) is 18.1 Å². The van der Waals surface area contributed by atoms with Crippen molar-refractivity contribution in [2.24, 2.45) is 5.92 Å². The molecule has 4 rings (SSSR count). The summed E-state index contributed by atoms with van der Waals surface area (Å²) in [7, 11) is -1.34. The maximum Gasteiger partial charge on any atom is 0.216 e. The number of thiazole rings is 1. The predicted molar refractivity (Wildman–Crippen MR) is 87.7 cm³/mol. The third-order valence-corrected chi connectivity index (χ3v) is 7.73. The number of nitrogens with zero attached hydrogens (tertiary/aromatic N) is 4. The van der Waals surface area contributed by atoms with Crippen LogP contribution in [0.5, 0.6) is 0 Å². The second-order valence-electron chi connectivity index (χ2n) is 6.14. The lowest BCUT2D eigenvalue weighted by Gasteiger charge is -2.40. The highest BCUT2D eigenvalue weighted by Gasteiger charge is 2.40. The average Bonchev–Trinajstić information content (AvgIpc) is 3.22. The van der Waals surface area contributed by atoms with Gasteiger partial charge in [0.05, 0.1) is 16.1 Å². The Morgan fingerprint density at radius 2 is 2.18 bits per heavy atom. The van der Waals surface area contributed by atoms with E-state index in [0.717, 1.165) is 41.3 Å². The van der Waals surface area contributed by atoms with E-state index in [4.69, 9.17) is 0 Å². The van der Waals surface area contributed by atoms with E-state index in [1.54, 1.807) is 35.1 Å². The number of pyridine rings is 1. The molecule has 0 aromatic carbocycles. The normalized spacial score (nSPS) is 19.8. The Balaban J connectivity index is 1.37. The first-order valence-corrected chi connectivity index (χ1v) is 9.76. The zero-order valence-corrected chi connectivity index (χ0v) is 14.0. The molecule has 3 heterocycles. The Morgan fingerprint density at radius 3 is 2.86 bits per heavy atom. The standard InChI is InChI=1S/C14H18N4O2S2/c1-17(22(19,20)11-2-3-11)7-10-8-18(9-10)14-16-12-6-15-5-4-13(12)21-14/h4-6,10-11H,2-3,7-9H2,1H3. The monoisotopic (exact) mass is 338 g/mol. The van der Waals surface area contributed by atoms with Crippen LogP contribution in [0, 0.1) is 5.92 Å². The molecule has 2 aliphatic rings. The van der Waals surface area contributed by atoms with E-state index in [-0.39, 0.29) is 5.25 Å². The third kappa shape index (κ3) is 2.49.